The summed E-state index contributed by atoms with van der Waals surface area (Å²) in [4.78, 5) is 15.3. The number of amides is 1. The Bertz CT molecular complexity index is 1010. The standard InChI is InChI=1S/C26H31N3O3/c1-28-26(32-22-15-7-4-8-16-22)23(24(27-28)20-11-5-3-6-12-20)19-29(17-18-31-2)25(30)21-13-9-10-14-21/h3-8,11-12,15-16,21H,9-10,13-14,17-19H2,1-2H3. The summed E-state index contributed by atoms with van der Waals surface area (Å²) in [6.07, 6.45) is 4.18. The molecule has 6 nitrogen and oxygen atoms in total. The zero-order valence-corrected chi connectivity index (χ0v) is 18.9. The van der Waals surface area contributed by atoms with Gasteiger partial charge >= 0.3 is 0 Å². The highest BCUT2D eigenvalue weighted by molar-refractivity contribution is 5.79. The number of carbonyl (C=O) groups is 1. The highest BCUT2D eigenvalue weighted by Gasteiger charge is 2.30. The van der Waals surface area contributed by atoms with E-state index in [1.54, 1.807) is 11.8 Å². The van der Waals surface area contributed by atoms with Crippen molar-refractivity contribution in [1.82, 2.24) is 14.7 Å². The molecule has 1 aromatic heterocycles. The zero-order chi connectivity index (χ0) is 22.3. The maximum Gasteiger partial charge on any atom is 0.226 e. The van der Waals surface area contributed by atoms with Gasteiger partial charge in [0.15, 0.2) is 0 Å². The second-order valence-corrected chi connectivity index (χ2v) is 8.27. The molecule has 1 aliphatic rings. The Kier molecular flexibility index (Phi) is 7.22. The Balaban J connectivity index is 1.72. The average Bonchev–Trinajstić information content (AvgIpc) is 3.47. The topological polar surface area (TPSA) is 56.6 Å². The van der Waals surface area contributed by atoms with Gasteiger partial charge < -0.3 is 14.4 Å². The van der Waals surface area contributed by atoms with Crippen molar-refractivity contribution in [3.8, 4) is 22.9 Å². The fourth-order valence-corrected chi connectivity index (χ4v) is 4.34. The van der Waals surface area contributed by atoms with Crippen LogP contribution >= 0.6 is 0 Å². The minimum absolute atomic E-state index is 0.0993. The van der Waals surface area contributed by atoms with E-state index in [-0.39, 0.29) is 11.8 Å². The van der Waals surface area contributed by atoms with Crippen LogP contribution in [0.3, 0.4) is 0 Å². The number of aryl methyl sites for hydroxylation is 1. The van der Waals surface area contributed by atoms with E-state index in [1.165, 1.54) is 0 Å². The molecular weight excluding hydrogens is 402 g/mol. The van der Waals surface area contributed by atoms with Gasteiger partial charge in [-0.1, -0.05) is 61.4 Å². The van der Waals surface area contributed by atoms with Crippen LogP contribution in [0.25, 0.3) is 11.3 Å². The third kappa shape index (κ3) is 5.02. The quantitative estimate of drug-likeness (QED) is 0.474. The van der Waals surface area contributed by atoms with E-state index in [4.69, 9.17) is 14.6 Å². The monoisotopic (exact) mass is 433 g/mol. The second-order valence-electron chi connectivity index (χ2n) is 8.27. The van der Waals surface area contributed by atoms with Crippen molar-refractivity contribution < 1.29 is 14.3 Å². The van der Waals surface area contributed by atoms with Crippen molar-refractivity contribution in [2.24, 2.45) is 13.0 Å². The van der Waals surface area contributed by atoms with Gasteiger partial charge in [0.25, 0.3) is 0 Å². The van der Waals surface area contributed by atoms with Crippen LogP contribution in [0.15, 0.2) is 60.7 Å². The number of para-hydroxylation sites is 1. The summed E-state index contributed by atoms with van der Waals surface area (Å²) in [6, 6.07) is 19.7. The predicted molar refractivity (Wildman–Crippen MR) is 124 cm³/mol. The van der Waals surface area contributed by atoms with Crippen LogP contribution in [0, 0.1) is 5.92 Å². The van der Waals surface area contributed by atoms with Crippen molar-refractivity contribution >= 4 is 5.91 Å². The van der Waals surface area contributed by atoms with Crippen LogP contribution in [0.2, 0.25) is 0 Å². The van der Waals surface area contributed by atoms with Gasteiger partial charge in [0.05, 0.1) is 18.7 Å². The van der Waals surface area contributed by atoms with Crippen LogP contribution in [-0.4, -0.2) is 40.8 Å². The van der Waals surface area contributed by atoms with Gasteiger partial charge in [-0.15, -0.1) is 0 Å². The lowest BCUT2D eigenvalue weighted by Crippen LogP contribution is -2.37. The fourth-order valence-electron chi connectivity index (χ4n) is 4.34. The minimum Gasteiger partial charge on any atom is -0.439 e. The third-order valence-electron chi connectivity index (χ3n) is 6.02. The lowest BCUT2D eigenvalue weighted by Gasteiger charge is -2.26. The molecule has 1 heterocycles. The summed E-state index contributed by atoms with van der Waals surface area (Å²) in [5.74, 6) is 1.69. The SMILES string of the molecule is COCCN(Cc1c(-c2ccccc2)nn(C)c1Oc1ccccc1)C(=O)C1CCCC1. The number of nitrogens with zero attached hydrogens (tertiary/aromatic N) is 3. The molecule has 32 heavy (non-hydrogen) atoms. The number of ether oxygens (including phenoxy) is 2. The summed E-state index contributed by atoms with van der Waals surface area (Å²) in [6.45, 7) is 1.47. The Morgan fingerprint density at radius 2 is 1.72 bits per heavy atom. The van der Waals surface area contributed by atoms with Crippen LogP contribution in [-0.2, 0) is 23.1 Å². The van der Waals surface area contributed by atoms with E-state index in [9.17, 15) is 4.79 Å². The first-order valence-corrected chi connectivity index (χ1v) is 11.3. The molecule has 0 aliphatic heterocycles. The van der Waals surface area contributed by atoms with Crippen molar-refractivity contribution in [1.29, 1.82) is 0 Å². The number of aromatic nitrogens is 2. The first-order valence-electron chi connectivity index (χ1n) is 11.3. The molecule has 2 aromatic carbocycles. The maximum atomic E-state index is 13.4. The zero-order valence-electron chi connectivity index (χ0n) is 18.9. The summed E-state index contributed by atoms with van der Waals surface area (Å²) < 4.78 is 13.4. The molecule has 0 saturated heterocycles. The molecule has 0 bridgehead atoms. The summed E-state index contributed by atoms with van der Waals surface area (Å²) >= 11 is 0. The predicted octanol–water partition coefficient (Wildman–Crippen LogP) is 5.04. The first kappa shape index (κ1) is 22.1. The normalized spacial score (nSPS) is 13.9. The molecule has 1 saturated carbocycles. The Labute approximate surface area is 189 Å². The molecular formula is C26H31N3O3. The molecule has 4 rings (SSSR count). The Morgan fingerprint density at radius 1 is 1.06 bits per heavy atom. The van der Waals surface area contributed by atoms with E-state index in [1.807, 2.05) is 72.6 Å². The lowest BCUT2D eigenvalue weighted by atomic mass is 10.0. The smallest absolute Gasteiger partial charge is 0.226 e. The van der Waals surface area contributed by atoms with E-state index in [0.717, 1.165) is 48.3 Å². The first-order chi connectivity index (χ1) is 15.7. The van der Waals surface area contributed by atoms with Crippen LogP contribution in [0.1, 0.15) is 31.2 Å². The second kappa shape index (κ2) is 10.5. The van der Waals surface area contributed by atoms with Crippen LogP contribution in [0.4, 0.5) is 0 Å². The van der Waals surface area contributed by atoms with Gasteiger partial charge in [-0.25, -0.2) is 4.68 Å². The number of benzene rings is 2. The summed E-state index contributed by atoms with van der Waals surface area (Å²) in [7, 11) is 3.55. The number of methoxy groups -OCH3 is 1. The van der Waals surface area contributed by atoms with Crippen LogP contribution in [0.5, 0.6) is 11.6 Å². The number of hydrogen-bond acceptors (Lipinski definition) is 4. The van der Waals surface area contributed by atoms with E-state index < -0.39 is 0 Å². The highest BCUT2D eigenvalue weighted by atomic mass is 16.5. The Hall–Kier alpha value is -3.12. The molecule has 1 fully saturated rings. The van der Waals surface area contributed by atoms with Gasteiger partial charge in [0.2, 0.25) is 11.8 Å². The van der Waals surface area contributed by atoms with E-state index >= 15 is 0 Å². The highest BCUT2D eigenvalue weighted by Crippen LogP contribution is 2.35. The molecule has 0 N–H and O–H groups in total. The van der Waals surface area contributed by atoms with Gasteiger partial charge in [-0.2, -0.15) is 5.10 Å². The number of carbonyl (C=O) groups excluding carboxylic acids is 1. The van der Waals surface area contributed by atoms with Gasteiger partial charge in [-0.05, 0) is 25.0 Å². The average molecular weight is 434 g/mol. The lowest BCUT2D eigenvalue weighted by molar-refractivity contribution is -0.136. The molecule has 0 radical (unpaired) electrons. The molecule has 1 aliphatic carbocycles. The molecule has 0 unspecified atom stereocenters. The molecule has 0 atom stereocenters. The van der Waals surface area contributed by atoms with Crippen LogP contribution < -0.4 is 4.74 Å². The van der Waals surface area contributed by atoms with Crippen molar-refractivity contribution in [3.05, 3.63) is 66.2 Å². The van der Waals surface area contributed by atoms with Crippen molar-refractivity contribution in [3.63, 3.8) is 0 Å². The third-order valence-corrected chi connectivity index (χ3v) is 6.02. The molecule has 3 aromatic rings. The van der Waals surface area contributed by atoms with E-state index in [0.29, 0.717) is 25.6 Å². The molecule has 0 spiro atoms. The van der Waals surface area contributed by atoms with Gasteiger partial charge in [-0.3, -0.25) is 4.79 Å². The molecule has 1 amide bonds. The van der Waals surface area contributed by atoms with Gasteiger partial charge in [0.1, 0.15) is 11.4 Å². The summed E-state index contributed by atoms with van der Waals surface area (Å²) in [5.41, 5.74) is 2.74. The number of rotatable bonds is 9. The summed E-state index contributed by atoms with van der Waals surface area (Å²) in [5, 5.41) is 4.79. The molecule has 6 heteroatoms. The number of hydrogen-bond donors (Lipinski definition) is 0. The van der Waals surface area contributed by atoms with Crippen molar-refractivity contribution in [2.45, 2.75) is 32.2 Å². The Morgan fingerprint density at radius 3 is 2.38 bits per heavy atom. The maximum absolute atomic E-state index is 13.4. The van der Waals surface area contributed by atoms with Crippen molar-refractivity contribution in [2.75, 3.05) is 20.3 Å². The van der Waals surface area contributed by atoms with E-state index in [2.05, 4.69) is 0 Å². The fraction of sp³-hybridized carbons (Fsp3) is 0.385. The van der Waals surface area contributed by atoms with Gasteiger partial charge in [0, 0.05) is 32.2 Å². The molecule has 168 valence electrons. The largest absolute Gasteiger partial charge is 0.439 e. The minimum atomic E-state index is 0.0993.